The summed E-state index contributed by atoms with van der Waals surface area (Å²) in [4.78, 5) is 0. The van der Waals surface area contributed by atoms with Gasteiger partial charge in [-0.05, 0) is 46.5 Å². The quantitative estimate of drug-likeness (QED) is 0.692. The normalized spacial score (nSPS) is 28.8. The molecule has 0 aliphatic carbocycles. The Hall–Kier alpha value is -0.0800. The van der Waals surface area contributed by atoms with Gasteiger partial charge in [0.15, 0.2) is 0 Å². The summed E-state index contributed by atoms with van der Waals surface area (Å²) in [5, 5.41) is 3.74. The number of unbranched alkanes of at least 4 members (excludes halogenated alkanes) is 1. The van der Waals surface area contributed by atoms with Crippen LogP contribution < -0.4 is 5.32 Å². The molecule has 2 nitrogen and oxygen atoms in total. The van der Waals surface area contributed by atoms with Gasteiger partial charge in [0.2, 0.25) is 0 Å². The molecule has 0 spiro atoms. The van der Waals surface area contributed by atoms with Gasteiger partial charge in [0.1, 0.15) is 0 Å². The molecule has 0 saturated carbocycles. The van der Waals surface area contributed by atoms with Crippen LogP contribution in [0.4, 0.5) is 0 Å². The molecule has 0 radical (unpaired) electrons. The fourth-order valence-corrected chi connectivity index (χ4v) is 3.35. The van der Waals surface area contributed by atoms with E-state index in [1.54, 1.807) is 0 Å². The summed E-state index contributed by atoms with van der Waals surface area (Å²) in [5.74, 6) is 0.862. The van der Waals surface area contributed by atoms with Crippen molar-refractivity contribution in [2.75, 3.05) is 13.2 Å². The van der Waals surface area contributed by atoms with Crippen LogP contribution in [0.25, 0.3) is 0 Å². The van der Waals surface area contributed by atoms with Gasteiger partial charge in [-0.25, -0.2) is 0 Å². The van der Waals surface area contributed by atoms with E-state index in [0.29, 0.717) is 11.5 Å². The van der Waals surface area contributed by atoms with Gasteiger partial charge in [-0.15, -0.1) is 0 Å². The predicted molar refractivity (Wildman–Crippen MR) is 88.1 cm³/mol. The molecule has 120 valence electrons. The lowest BCUT2D eigenvalue weighted by atomic mass is 9.72. The average molecular weight is 283 g/mol. The third kappa shape index (κ3) is 5.37. The van der Waals surface area contributed by atoms with E-state index in [0.717, 1.165) is 19.1 Å². The van der Waals surface area contributed by atoms with Crippen LogP contribution in [0.5, 0.6) is 0 Å². The van der Waals surface area contributed by atoms with Crippen molar-refractivity contribution in [3.05, 3.63) is 0 Å². The fraction of sp³-hybridized carbons (Fsp3) is 1.00. The van der Waals surface area contributed by atoms with Crippen LogP contribution in [0, 0.1) is 11.3 Å². The van der Waals surface area contributed by atoms with Crippen molar-refractivity contribution in [3.8, 4) is 0 Å². The maximum atomic E-state index is 5.94. The summed E-state index contributed by atoms with van der Waals surface area (Å²) in [6.07, 6.45) is 8.33. The predicted octanol–water partition coefficient (Wildman–Crippen LogP) is 4.78. The first-order valence-electron chi connectivity index (χ1n) is 8.69. The Morgan fingerprint density at radius 2 is 2.00 bits per heavy atom. The first-order valence-corrected chi connectivity index (χ1v) is 8.69. The molecule has 1 aliphatic rings. The van der Waals surface area contributed by atoms with Crippen molar-refractivity contribution in [3.63, 3.8) is 0 Å². The van der Waals surface area contributed by atoms with Gasteiger partial charge >= 0.3 is 0 Å². The van der Waals surface area contributed by atoms with E-state index in [4.69, 9.17) is 4.74 Å². The van der Waals surface area contributed by atoms with Gasteiger partial charge in [-0.3, -0.25) is 0 Å². The lowest BCUT2D eigenvalue weighted by Gasteiger charge is -2.38. The summed E-state index contributed by atoms with van der Waals surface area (Å²) in [7, 11) is 0. The highest BCUT2D eigenvalue weighted by atomic mass is 16.5. The minimum atomic E-state index is 0.195. The minimum Gasteiger partial charge on any atom is -0.378 e. The second-order valence-electron chi connectivity index (χ2n) is 7.85. The summed E-state index contributed by atoms with van der Waals surface area (Å²) < 4.78 is 5.94. The average Bonchev–Trinajstić information content (AvgIpc) is 2.73. The van der Waals surface area contributed by atoms with E-state index in [9.17, 15) is 0 Å². The van der Waals surface area contributed by atoms with E-state index in [-0.39, 0.29) is 5.54 Å². The Morgan fingerprint density at radius 3 is 2.45 bits per heavy atom. The second-order valence-corrected chi connectivity index (χ2v) is 7.85. The molecule has 3 atom stereocenters. The topological polar surface area (TPSA) is 21.3 Å². The van der Waals surface area contributed by atoms with Gasteiger partial charge in [0.25, 0.3) is 0 Å². The Labute approximate surface area is 127 Å². The molecule has 1 N–H and O–H groups in total. The fourth-order valence-electron chi connectivity index (χ4n) is 3.35. The standard InChI is InChI=1S/C18H37NO/c1-7-9-10-16(8-2)13-18(11-12-20-15(18)3)14-19-17(4,5)6/h15-16,19H,7-14H2,1-6H3. The number of rotatable bonds is 8. The maximum Gasteiger partial charge on any atom is 0.0616 e. The summed E-state index contributed by atoms with van der Waals surface area (Å²) >= 11 is 0. The second kappa shape index (κ2) is 7.79. The lowest BCUT2D eigenvalue weighted by Crippen LogP contribution is -2.47. The molecule has 0 aromatic heterocycles. The van der Waals surface area contributed by atoms with Crippen LogP contribution in [-0.2, 0) is 4.74 Å². The Kier molecular flexibility index (Phi) is 7.00. The van der Waals surface area contributed by atoms with Crippen molar-refractivity contribution in [1.82, 2.24) is 5.32 Å². The summed E-state index contributed by atoms with van der Waals surface area (Å²) in [5.41, 5.74) is 0.544. The first kappa shape index (κ1) is 18.0. The van der Waals surface area contributed by atoms with Gasteiger partial charge in [-0.1, -0.05) is 39.5 Å². The van der Waals surface area contributed by atoms with Crippen molar-refractivity contribution >= 4 is 0 Å². The highest BCUT2D eigenvalue weighted by Crippen LogP contribution is 2.42. The number of nitrogens with one attached hydrogen (secondary N) is 1. The smallest absolute Gasteiger partial charge is 0.0616 e. The van der Waals surface area contributed by atoms with Gasteiger partial charge in [0, 0.05) is 24.1 Å². The van der Waals surface area contributed by atoms with E-state index in [1.165, 1.54) is 38.5 Å². The Bertz CT molecular complexity index is 271. The van der Waals surface area contributed by atoms with Crippen molar-refractivity contribution in [2.45, 2.75) is 91.7 Å². The van der Waals surface area contributed by atoms with E-state index in [2.05, 4.69) is 46.9 Å². The Morgan fingerprint density at radius 1 is 1.30 bits per heavy atom. The Balaban J connectivity index is 2.68. The van der Waals surface area contributed by atoms with E-state index in [1.807, 2.05) is 0 Å². The van der Waals surface area contributed by atoms with Gasteiger partial charge < -0.3 is 10.1 Å². The highest BCUT2D eigenvalue weighted by Gasteiger charge is 2.42. The summed E-state index contributed by atoms with van der Waals surface area (Å²) in [6, 6.07) is 0. The molecule has 0 amide bonds. The summed E-state index contributed by atoms with van der Waals surface area (Å²) in [6.45, 7) is 15.7. The molecule has 1 rings (SSSR count). The molecular formula is C18H37NO. The minimum absolute atomic E-state index is 0.195. The zero-order chi connectivity index (χ0) is 15.2. The van der Waals surface area contributed by atoms with Gasteiger partial charge in [-0.2, -0.15) is 0 Å². The molecule has 1 heterocycles. The van der Waals surface area contributed by atoms with Crippen molar-refractivity contribution in [2.24, 2.45) is 11.3 Å². The number of ether oxygens (including phenoxy) is 1. The van der Waals surface area contributed by atoms with E-state index >= 15 is 0 Å². The lowest BCUT2D eigenvalue weighted by molar-refractivity contribution is 0.0440. The van der Waals surface area contributed by atoms with Crippen LogP contribution in [0.2, 0.25) is 0 Å². The molecule has 2 heteroatoms. The van der Waals surface area contributed by atoms with Crippen LogP contribution in [0.3, 0.4) is 0 Å². The highest BCUT2D eigenvalue weighted by molar-refractivity contribution is 4.94. The van der Waals surface area contributed by atoms with Crippen molar-refractivity contribution in [1.29, 1.82) is 0 Å². The molecule has 1 saturated heterocycles. The number of hydrogen-bond acceptors (Lipinski definition) is 2. The van der Waals surface area contributed by atoms with Crippen LogP contribution >= 0.6 is 0 Å². The largest absolute Gasteiger partial charge is 0.378 e. The van der Waals surface area contributed by atoms with Crippen molar-refractivity contribution < 1.29 is 4.74 Å². The third-order valence-corrected chi connectivity index (χ3v) is 5.04. The molecule has 1 aliphatic heterocycles. The van der Waals surface area contributed by atoms with Crippen LogP contribution in [-0.4, -0.2) is 24.8 Å². The zero-order valence-corrected chi connectivity index (χ0v) is 14.7. The molecule has 0 bridgehead atoms. The van der Waals surface area contributed by atoms with E-state index < -0.39 is 0 Å². The molecule has 0 aromatic carbocycles. The molecule has 20 heavy (non-hydrogen) atoms. The molecule has 0 aromatic rings. The van der Waals surface area contributed by atoms with Crippen LogP contribution in [0.1, 0.15) is 80.1 Å². The first-order chi connectivity index (χ1) is 9.33. The van der Waals surface area contributed by atoms with Crippen LogP contribution in [0.15, 0.2) is 0 Å². The zero-order valence-electron chi connectivity index (χ0n) is 14.7. The third-order valence-electron chi connectivity index (χ3n) is 5.04. The monoisotopic (exact) mass is 283 g/mol. The molecular weight excluding hydrogens is 246 g/mol. The van der Waals surface area contributed by atoms with Gasteiger partial charge in [0.05, 0.1) is 6.10 Å². The maximum absolute atomic E-state index is 5.94. The number of hydrogen-bond donors (Lipinski definition) is 1. The molecule has 1 fully saturated rings. The SMILES string of the molecule is CCCCC(CC)CC1(CNC(C)(C)C)CCOC1C. The molecule has 3 unspecified atom stereocenters.